The normalized spacial score (nSPS) is 12.7. The third kappa shape index (κ3) is 2.74. The molecular formula is C7H12N4O2S2. The van der Waals surface area contributed by atoms with Crippen molar-refractivity contribution < 1.29 is 8.42 Å². The number of nitrogens with two attached hydrogens (primary N) is 1. The smallest absolute Gasteiger partial charge is 0.258 e. The Bertz CT molecular complexity index is 449. The number of aromatic amines is 1. The van der Waals surface area contributed by atoms with Gasteiger partial charge in [0.25, 0.3) is 10.0 Å². The fourth-order valence-corrected chi connectivity index (χ4v) is 2.25. The quantitative estimate of drug-likeness (QED) is 0.638. The van der Waals surface area contributed by atoms with Crippen LogP contribution in [0.1, 0.15) is 13.8 Å². The van der Waals surface area contributed by atoms with E-state index in [9.17, 15) is 8.42 Å². The van der Waals surface area contributed by atoms with Gasteiger partial charge in [0, 0.05) is 0 Å². The zero-order valence-electron chi connectivity index (χ0n) is 8.31. The summed E-state index contributed by atoms with van der Waals surface area (Å²) in [5, 5.41) is -0.0215. The lowest BCUT2D eigenvalue weighted by atomic mass is 10.1. The predicted octanol–water partition coefficient (Wildman–Crippen LogP) is -0.247. The number of imidazole rings is 1. The van der Waals surface area contributed by atoms with E-state index in [1.54, 1.807) is 13.8 Å². The van der Waals surface area contributed by atoms with Crippen molar-refractivity contribution in [3.05, 3.63) is 12.5 Å². The molecule has 1 heterocycles. The lowest BCUT2D eigenvalue weighted by molar-refractivity contribution is 0.543. The lowest BCUT2D eigenvalue weighted by Crippen LogP contribution is -2.52. The van der Waals surface area contributed by atoms with Crippen LogP contribution in [0.15, 0.2) is 17.6 Å². The molecule has 0 saturated heterocycles. The molecular weight excluding hydrogens is 236 g/mol. The highest BCUT2D eigenvalue weighted by Gasteiger charge is 2.29. The van der Waals surface area contributed by atoms with Gasteiger partial charge in [-0.1, -0.05) is 12.2 Å². The summed E-state index contributed by atoms with van der Waals surface area (Å²) >= 11 is 4.75. The van der Waals surface area contributed by atoms with Crippen LogP contribution in [0.3, 0.4) is 0 Å². The van der Waals surface area contributed by atoms with Gasteiger partial charge >= 0.3 is 0 Å². The molecule has 0 unspecified atom stereocenters. The molecule has 0 aliphatic carbocycles. The molecule has 0 atom stereocenters. The molecule has 6 nitrogen and oxygen atoms in total. The van der Waals surface area contributed by atoms with Gasteiger partial charge in [-0.2, -0.15) is 4.72 Å². The number of sulfonamides is 1. The van der Waals surface area contributed by atoms with E-state index in [2.05, 4.69) is 14.7 Å². The monoisotopic (exact) mass is 248 g/mol. The molecule has 4 N–H and O–H groups in total. The fourth-order valence-electron chi connectivity index (χ4n) is 0.831. The van der Waals surface area contributed by atoms with Gasteiger partial charge in [-0.05, 0) is 13.8 Å². The number of nitrogens with one attached hydrogen (secondary N) is 2. The first-order valence-electron chi connectivity index (χ1n) is 4.08. The minimum atomic E-state index is -3.66. The highest BCUT2D eigenvalue weighted by molar-refractivity contribution is 7.89. The summed E-state index contributed by atoms with van der Waals surface area (Å²) in [5.74, 6) is 0. The number of hydrogen-bond acceptors (Lipinski definition) is 4. The van der Waals surface area contributed by atoms with Crippen molar-refractivity contribution >= 4 is 27.2 Å². The molecule has 0 fully saturated rings. The van der Waals surface area contributed by atoms with Crippen LogP contribution < -0.4 is 10.5 Å². The molecule has 0 radical (unpaired) electrons. The molecule has 0 aromatic carbocycles. The lowest BCUT2D eigenvalue weighted by Gasteiger charge is -2.23. The van der Waals surface area contributed by atoms with E-state index in [0.29, 0.717) is 0 Å². The van der Waals surface area contributed by atoms with E-state index in [1.165, 1.54) is 12.5 Å². The number of hydrogen-bond donors (Lipinski definition) is 3. The molecule has 1 rings (SSSR count). The Balaban J connectivity index is 2.97. The standard InChI is InChI=1S/C7H12N4O2S2/c1-7(2,6(8)14)11-15(12,13)5-3-9-4-10-5/h3-4,11H,1-2H3,(H2,8,14)(H,9,10). The summed E-state index contributed by atoms with van der Waals surface area (Å²) in [7, 11) is -3.66. The molecule has 1 aromatic rings. The molecule has 8 heteroatoms. The van der Waals surface area contributed by atoms with Gasteiger partial charge in [-0.25, -0.2) is 13.4 Å². The zero-order valence-corrected chi connectivity index (χ0v) is 9.95. The molecule has 0 saturated carbocycles. The van der Waals surface area contributed by atoms with E-state index in [1.807, 2.05) is 0 Å². The molecule has 0 amide bonds. The molecule has 0 bridgehead atoms. The van der Waals surface area contributed by atoms with Gasteiger partial charge in [0.2, 0.25) is 0 Å². The number of rotatable bonds is 4. The van der Waals surface area contributed by atoms with Gasteiger partial charge < -0.3 is 10.7 Å². The maximum atomic E-state index is 11.7. The minimum Gasteiger partial charge on any atom is -0.392 e. The van der Waals surface area contributed by atoms with Crippen molar-refractivity contribution in [3.8, 4) is 0 Å². The van der Waals surface area contributed by atoms with Crippen LogP contribution in [0.25, 0.3) is 0 Å². The van der Waals surface area contributed by atoms with E-state index in [4.69, 9.17) is 18.0 Å². The summed E-state index contributed by atoms with van der Waals surface area (Å²) in [4.78, 5) is 6.19. The van der Waals surface area contributed by atoms with Crippen LogP contribution in [-0.4, -0.2) is 28.9 Å². The Morgan fingerprint density at radius 2 is 2.27 bits per heavy atom. The van der Waals surface area contributed by atoms with Crippen LogP contribution in [0.5, 0.6) is 0 Å². The summed E-state index contributed by atoms with van der Waals surface area (Å²) in [6.45, 7) is 3.17. The average molecular weight is 248 g/mol. The third-order valence-electron chi connectivity index (χ3n) is 1.77. The summed E-state index contributed by atoms with van der Waals surface area (Å²) in [6, 6.07) is 0. The Morgan fingerprint density at radius 1 is 1.67 bits per heavy atom. The van der Waals surface area contributed by atoms with E-state index < -0.39 is 15.6 Å². The predicted molar refractivity (Wildman–Crippen MR) is 59.8 cm³/mol. The molecule has 84 valence electrons. The summed E-state index contributed by atoms with van der Waals surface area (Å²) in [6.07, 6.45) is 2.49. The van der Waals surface area contributed by atoms with Crippen LogP contribution in [0.2, 0.25) is 0 Å². The minimum absolute atomic E-state index is 0.0215. The summed E-state index contributed by atoms with van der Waals surface area (Å²) in [5.41, 5.74) is 4.44. The van der Waals surface area contributed by atoms with Crippen molar-refractivity contribution in [1.29, 1.82) is 0 Å². The Hall–Kier alpha value is -0.990. The molecule has 0 aliphatic heterocycles. The SMILES string of the molecule is CC(C)(NS(=O)(=O)c1cnc[nH]1)C(N)=S. The van der Waals surface area contributed by atoms with Gasteiger partial charge in [0.05, 0.1) is 23.1 Å². The number of aromatic nitrogens is 2. The van der Waals surface area contributed by atoms with Crippen molar-refractivity contribution in [3.63, 3.8) is 0 Å². The second-order valence-corrected chi connectivity index (χ2v) is 5.60. The van der Waals surface area contributed by atoms with Gasteiger partial charge in [-0.3, -0.25) is 0 Å². The number of thiocarbonyl (C=S) groups is 1. The highest BCUT2D eigenvalue weighted by Crippen LogP contribution is 2.10. The fraction of sp³-hybridized carbons (Fsp3) is 0.429. The van der Waals surface area contributed by atoms with Gasteiger partial charge in [-0.15, -0.1) is 0 Å². The highest BCUT2D eigenvalue weighted by atomic mass is 32.2. The van der Waals surface area contributed by atoms with Crippen LogP contribution in [-0.2, 0) is 10.0 Å². The second kappa shape index (κ2) is 3.87. The van der Waals surface area contributed by atoms with E-state index >= 15 is 0 Å². The van der Waals surface area contributed by atoms with Crippen molar-refractivity contribution in [2.75, 3.05) is 0 Å². The topological polar surface area (TPSA) is 101 Å². The third-order valence-corrected chi connectivity index (χ3v) is 3.86. The molecule has 15 heavy (non-hydrogen) atoms. The van der Waals surface area contributed by atoms with Crippen molar-refractivity contribution in [2.24, 2.45) is 5.73 Å². The Kier molecular flexibility index (Phi) is 3.12. The number of nitrogens with zero attached hydrogens (tertiary/aromatic N) is 1. The van der Waals surface area contributed by atoms with Gasteiger partial charge in [0.15, 0.2) is 5.03 Å². The van der Waals surface area contributed by atoms with E-state index in [0.717, 1.165) is 0 Å². The molecule has 1 aromatic heterocycles. The van der Waals surface area contributed by atoms with Crippen LogP contribution in [0.4, 0.5) is 0 Å². The maximum absolute atomic E-state index is 11.7. The van der Waals surface area contributed by atoms with Crippen LogP contribution in [0, 0.1) is 0 Å². The van der Waals surface area contributed by atoms with Crippen LogP contribution >= 0.6 is 12.2 Å². The van der Waals surface area contributed by atoms with Crippen molar-refractivity contribution in [2.45, 2.75) is 24.4 Å². The first-order valence-corrected chi connectivity index (χ1v) is 5.97. The first kappa shape index (κ1) is 12.1. The zero-order chi connectivity index (χ0) is 11.7. The Morgan fingerprint density at radius 3 is 2.67 bits per heavy atom. The average Bonchev–Trinajstić information content (AvgIpc) is 2.53. The molecule has 0 aliphatic rings. The Labute approximate surface area is 93.3 Å². The summed E-state index contributed by atoms with van der Waals surface area (Å²) < 4.78 is 25.8. The molecule has 0 spiro atoms. The van der Waals surface area contributed by atoms with E-state index in [-0.39, 0.29) is 10.0 Å². The first-order chi connectivity index (χ1) is 6.76. The van der Waals surface area contributed by atoms with Gasteiger partial charge in [0.1, 0.15) is 0 Å². The largest absolute Gasteiger partial charge is 0.392 e. The number of H-pyrrole nitrogens is 1. The van der Waals surface area contributed by atoms with Crippen molar-refractivity contribution in [1.82, 2.24) is 14.7 Å². The second-order valence-electron chi connectivity index (χ2n) is 3.51. The maximum Gasteiger partial charge on any atom is 0.258 e.